The quantitative estimate of drug-likeness (QED) is 0.891. The smallest absolute Gasteiger partial charge is 0.109 e. The van der Waals surface area contributed by atoms with Crippen molar-refractivity contribution >= 4 is 11.0 Å². The normalized spacial score (nSPS) is 16.6. The summed E-state index contributed by atoms with van der Waals surface area (Å²) in [6, 6.07) is 7.89. The Morgan fingerprint density at radius 1 is 1.42 bits per heavy atom. The Morgan fingerprint density at radius 2 is 2.21 bits per heavy atom. The fraction of sp³-hybridized carbons (Fsp3) is 0.467. The summed E-state index contributed by atoms with van der Waals surface area (Å²) in [6.45, 7) is 2.24. The molecule has 1 aliphatic rings. The molecule has 0 radical (unpaired) electrons. The molecule has 0 atom stereocenters. The van der Waals surface area contributed by atoms with Crippen LogP contribution in [0.3, 0.4) is 0 Å². The number of fused-ring (bicyclic) bond motifs is 1. The van der Waals surface area contributed by atoms with Gasteiger partial charge >= 0.3 is 0 Å². The molecule has 0 aliphatic carbocycles. The van der Waals surface area contributed by atoms with Gasteiger partial charge in [-0.1, -0.05) is 0 Å². The minimum Gasteiger partial charge on any atom is -0.331 e. The standard InChI is InChI=1S/C15H18N4/c1-19-14-8-12(10-16)2-3-13(14)18-15(19)9-11-4-6-17-7-5-11/h2-3,8,11,17H,4-7,9H2,1H3. The number of hydrogen-bond donors (Lipinski definition) is 1. The average molecular weight is 254 g/mol. The van der Waals surface area contributed by atoms with Crippen molar-refractivity contribution in [2.75, 3.05) is 13.1 Å². The second kappa shape index (κ2) is 5.02. The molecule has 1 fully saturated rings. The van der Waals surface area contributed by atoms with Crippen LogP contribution < -0.4 is 5.32 Å². The molecule has 1 N–H and O–H groups in total. The lowest BCUT2D eigenvalue weighted by Gasteiger charge is -2.22. The fourth-order valence-electron chi connectivity index (χ4n) is 2.84. The van der Waals surface area contributed by atoms with Crippen LogP contribution in [0.15, 0.2) is 18.2 Å². The Kier molecular flexibility index (Phi) is 3.22. The molecular formula is C15H18N4. The first-order chi connectivity index (χ1) is 9.28. The van der Waals surface area contributed by atoms with Gasteiger partial charge in [-0.05, 0) is 50.0 Å². The second-order valence-electron chi connectivity index (χ2n) is 5.30. The summed E-state index contributed by atoms with van der Waals surface area (Å²) >= 11 is 0. The van der Waals surface area contributed by atoms with Crippen molar-refractivity contribution in [2.24, 2.45) is 13.0 Å². The van der Waals surface area contributed by atoms with E-state index in [4.69, 9.17) is 10.2 Å². The zero-order chi connectivity index (χ0) is 13.2. The molecule has 4 heteroatoms. The van der Waals surface area contributed by atoms with Crippen LogP contribution in [0.25, 0.3) is 11.0 Å². The van der Waals surface area contributed by atoms with Gasteiger partial charge < -0.3 is 9.88 Å². The van der Waals surface area contributed by atoms with Crippen LogP contribution in [0, 0.1) is 17.2 Å². The van der Waals surface area contributed by atoms with Crippen molar-refractivity contribution in [2.45, 2.75) is 19.3 Å². The number of nitrogens with one attached hydrogen (secondary N) is 1. The van der Waals surface area contributed by atoms with Crippen LogP contribution in [0.1, 0.15) is 24.2 Å². The van der Waals surface area contributed by atoms with Crippen LogP contribution in [0.2, 0.25) is 0 Å². The van der Waals surface area contributed by atoms with E-state index in [0.29, 0.717) is 5.56 Å². The lowest BCUT2D eigenvalue weighted by Crippen LogP contribution is -2.29. The maximum Gasteiger partial charge on any atom is 0.109 e. The SMILES string of the molecule is Cn1c(CC2CCNCC2)nc2ccc(C#N)cc21. The average Bonchev–Trinajstić information content (AvgIpc) is 2.76. The number of aryl methyl sites for hydroxylation is 1. The number of imidazole rings is 1. The highest BCUT2D eigenvalue weighted by atomic mass is 15.1. The molecule has 0 unspecified atom stereocenters. The Hall–Kier alpha value is -1.86. The predicted octanol–water partition coefficient (Wildman–Crippen LogP) is 1.99. The van der Waals surface area contributed by atoms with E-state index in [0.717, 1.165) is 42.3 Å². The van der Waals surface area contributed by atoms with E-state index in [2.05, 4.69) is 16.0 Å². The van der Waals surface area contributed by atoms with Gasteiger partial charge in [0.1, 0.15) is 5.82 Å². The fourth-order valence-corrected chi connectivity index (χ4v) is 2.84. The number of benzene rings is 1. The molecule has 1 aromatic heterocycles. The molecule has 1 aliphatic heterocycles. The van der Waals surface area contributed by atoms with Crippen molar-refractivity contribution in [1.29, 1.82) is 5.26 Å². The Labute approximate surface area is 113 Å². The third kappa shape index (κ3) is 2.34. The number of aromatic nitrogens is 2. The van der Waals surface area contributed by atoms with Crippen LogP contribution in [-0.2, 0) is 13.5 Å². The van der Waals surface area contributed by atoms with E-state index in [9.17, 15) is 0 Å². The molecule has 0 bridgehead atoms. The molecule has 3 rings (SSSR count). The van der Waals surface area contributed by atoms with Gasteiger partial charge in [0.15, 0.2) is 0 Å². The minimum atomic E-state index is 0.698. The van der Waals surface area contributed by atoms with Gasteiger partial charge in [-0.3, -0.25) is 0 Å². The van der Waals surface area contributed by atoms with Crippen molar-refractivity contribution in [1.82, 2.24) is 14.9 Å². The molecule has 2 aromatic rings. The predicted molar refractivity (Wildman–Crippen MR) is 74.7 cm³/mol. The van der Waals surface area contributed by atoms with E-state index < -0.39 is 0 Å². The summed E-state index contributed by atoms with van der Waals surface area (Å²) in [5, 5.41) is 12.4. The molecule has 1 aromatic carbocycles. The van der Waals surface area contributed by atoms with E-state index >= 15 is 0 Å². The second-order valence-corrected chi connectivity index (χ2v) is 5.30. The third-order valence-corrected chi connectivity index (χ3v) is 4.03. The van der Waals surface area contributed by atoms with Crippen LogP contribution in [0.5, 0.6) is 0 Å². The van der Waals surface area contributed by atoms with E-state index in [1.165, 1.54) is 12.8 Å². The third-order valence-electron chi connectivity index (χ3n) is 4.03. The lowest BCUT2D eigenvalue weighted by atomic mass is 9.94. The highest BCUT2D eigenvalue weighted by Crippen LogP contribution is 2.21. The van der Waals surface area contributed by atoms with E-state index in [1.807, 2.05) is 25.2 Å². The zero-order valence-corrected chi connectivity index (χ0v) is 11.2. The zero-order valence-electron chi connectivity index (χ0n) is 11.2. The monoisotopic (exact) mass is 254 g/mol. The van der Waals surface area contributed by atoms with Gasteiger partial charge in [-0.15, -0.1) is 0 Å². The number of rotatable bonds is 2. The van der Waals surface area contributed by atoms with Gasteiger partial charge in [-0.25, -0.2) is 4.98 Å². The maximum atomic E-state index is 8.97. The summed E-state index contributed by atoms with van der Waals surface area (Å²) < 4.78 is 2.14. The van der Waals surface area contributed by atoms with Crippen molar-refractivity contribution in [3.8, 4) is 6.07 Å². The maximum absolute atomic E-state index is 8.97. The Morgan fingerprint density at radius 3 is 2.95 bits per heavy atom. The summed E-state index contributed by atoms with van der Waals surface area (Å²) in [5.41, 5.74) is 2.75. The number of nitriles is 1. The van der Waals surface area contributed by atoms with E-state index in [1.54, 1.807) is 0 Å². The molecule has 1 saturated heterocycles. The number of nitrogens with zero attached hydrogens (tertiary/aromatic N) is 3. The summed E-state index contributed by atoms with van der Waals surface area (Å²) in [6.07, 6.45) is 3.49. The van der Waals surface area contributed by atoms with E-state index in [-0.39, 0.29) is 0 Å². The largest absolute Gasteiger partial charge is 0.331 e. The van der Waals surface area contributed by atoms with Gasteiger partial charge in [0, 0.05) is 13.5 Å². The van der Waals surface area contributed by atoms with Gasteiger partial charge in [-0.2, -0.15) is 5.26 Å². The van der Waals surface area contributed by atoms with Gasteiger partial charge in [0.25, 0.3) is 0 Å². The van der Waals surface area contributed by atoms with Crippen LogP contribution >= 0.6 is 0 Å². The Balaban J connectivity index is 1.91. The van der Waals surface area contributed by atoms with Gasteiger partial charge in [0.05, 0.1) is 22.7 Å². The molecule has 0 saturated carbocycles. The highest BCUT2D eigenvalue weighted by Gasteiger charge is 2.17. The molecule has 0 amide bonds. The topological polar surface area (TPSA) is 53.6 Å². The molecule has 98 valence electrons. The number of piperidine rings is 1. The molecular weight excluding hydrogens is 236 g/mol. The first-order valence-corrected chi connectivity index (χ1v) is 6.84. The van der Waals surface area contributed by atoms with Crippen molar-refractivity contribution < 1.29 is 0 Å². The lowest BCUT2D eigenvalue weighted by molar-refractivity contribution is 0.365. The first kappa shape index (κ1) is 12.2. The minimum absolute atomic E-state index is 0.698. The van der Waals surface area contributed by atoms with Crippen molar-refractivity contribution in [3.05, 3.63) is 29.6 Å². The van der Waals surface area contributed by atoms with Gasteiger partial charge in [0.2, 0.25) is 0 Å². The Bertz CT molecular complexity index is 629. The molecule has 2 heterocycles. The first-order valence-electron chi connectivity index (χ1n) is 6.84. The van der Waals surface area contributed by atoms with Crippen molar-refractivity contribution in [3.63, 3.8) is 0 Å². The molecule has 0 spiro atoms. The highest BCUT2D eigenvalue weighted by molar-refractivity contribution is 5.77. The summed E-state index contributed by atoms with van der Waals surface area (Å²) in [7, 11) is 2.05. The summed E-state index contributed by atoms with van der Waals surface area (Å²) in [5.74, 6) is 1.86. The molecule has 19 heavy (non-hydrogen) atoms. The van der Waals surface area contributed by atoms with Crippen LogP contribution in [-0.4, -0.2) is 22.6 Å². The molecule has 4 nitrogen and oxygen atoms in total. The van der Waals surface area contributed by atoms with Crippen LogP contribution in [0.4, 0.5) is 0 Å². The summed E-state index contributed by atoms with van der Waals surface area (Å²) in [4.78, 5) is 4.71. The number of hydrogen-bond acceptors (Lipinski definition) is 3.